The van der Waals surface area contributed by atoms with Gasteiger partial charge in [-0.3, -0.25) is 9.69 Å². The van der Waals surface area contributed by atoms with Crippen molar-refractivity contribution < 1.29 is 9.53 Å². The summed E-state index contributed by atoms with van der Waals surface area (Å²) in [4.78, 5) is 21.8. The van der Waals surface area contributed by atoms with Gasteiger partial charge in [0.05, 0.1) is 12.6 Å². The molecule has 144 valence electrons. The Morgan fingerprint density at radius 3 is 2.61 bits per heavy atom. The number of amides is 1. The number of nitrogens with zero attached hydrogens (tertiary/aromatic N) is 3. The Bertz CT molecular complexity index is 994. The number of hydrogen-bond donors (Lipinski definition) is 0. The predicted octanol–water partition coefficient (Wildman–Crippen LogP) is 3.51. The van der Waals surface area contributed by atoms with E-state index in [0.717, 1.165) is 49.4 Å². The van der Waals surface area contributed by atoms with Crippen molar-refractivity contribution >= 4 is 16.8 Å². The van der Waals surface area contributed by atoms with Crippen LogP contribution in [0.1, 0.15) is 21.6 Å². The van der Waals surface area contributed by atoms with Crippen LogP contribution in [0.2, 0.25) is 0 Å². The predicted molar refractivity (Wildman–Crippen MR) is 111 cm³/mol. The number of methoxy groups -OCH3 is 1. The molecule has 0 saturated carbocycles. The first kappa shape index (κ1) is 18.4. The quantitative estimate of drug-likeness (QED) is 0.700. The maximum absolute atomic E-state index is 12.9. The van der Waals surface area contributed by atoms with E-state index in [-0.39, 0.29) is 5.91 Å². The molecule has 5 nitrogen and oxygen atoms in total. The highest BCUT2D eigenvalue weighted by atomic mass is 16.5. The molecule has 0 radical (unpaired) electrons. The SMILES string of the molecule is COc1ccc2nc(C(=O)N3CCN(Cc4cccc(C)c4)CC3)ccc2c1. The van der Waals surface area contributed by atoms with Crippen LogP contribution in [-0.4, -0.2) is 54.0 Å². The molecule has 28 heavy (non-hydrogen) atoms. The number of benzene rings is 2. The molecule has 3 aromatic rings. The van der Waals surface area contributed by atoms with Gasteiger partial charge in [0.1, 0.15) is 11.4 Å². The van der Waals surface area contributed by atoms with E-state index in [9.17, 15) is 4.79 Å². The normalized spacial score (nSPS) is 15.0. The first-order chi connectivity index (χ1) is 13.6. The fourth-order valence-corrected chi connectivity index (χ4v) is 3.69. The van der Waals surface area contributed by atoms with Gasteiger partial charge in [-0.25, -0.2) is 4.98 Å². The van der Waals surface area contributed by atoms with E-state index in [0.29, 0.717) is 5.69 Å². The third-order valence-corrected chi connectivity index (χ3v) is 5.26. The number of aryl methyl sites for hydroxylation is 1. The summed E-state index contributed by atoms with van der Waals surface area (Å²) in [5.41, 5.74) is 3.92. The zero-order chi connectivity index (χ0) is 19.5. The molecule has 1 amide bonds. The summed E-state index contributed by atoms with van der Waals surface area (Å²) in [5.74, 6) is 0.797. The molecule has 1 fully saturated rings. The third-order valence-electron chi connectivity index (χ3n) is 5.26. The molecule has 0 bridgehead atoms. The minimum absolute atomic E-state index is 0.00734. The summed E-state index contributed by atoms with van der Waals surface area (Å²) < 4.78 is 5.25. The van der Waals surface area contributed by atoms with Crippen LogP contribution in [0.15, 0.2) is 54.6 Å². The Morgan fingerprint density at radius 2 is 1.86 bits per heavy atom. The van der Waals surface area contributed by atoms with Gasteiger partial charge in [0.2, 0.25) is 0 Å². The number of hydrogen-bond acceptors (Lipinski definition) is 4. The lowest BCUT2D eigenvalue weighted by Gasteiger charge is -2.34. The van der Waals surface area contributed by atoms with Crippen LogP contribution in [0.25, 0.3) is 10.9 Å². The Morgan fingerprint density at radius 1 is 1.04 bits per heavy atom. The highest BCUT2D eigenvalue weighted by Gasteiger charge is 2.23. The highest BCUT2D eigenvalue weighted by Crippen LogP contribution is 2.20. The number of carbonyl (C=O) groups excluding carboxylic acids is 1. The molecule has 1 saturated heterocycles. The van der Waals surface area contributed by atoms with Gasteiger partial charge < -0.3 is 9.64 Å². The first-order valence-electron chi connectivity index (χ1n) is 9.64. The summed E-state index contributed by atoms with van der Waals surface area (Å²) in [6.45, 7) is 6.27. The zero-order valence-electron chi connectivity index (χ0n) is 16.4. The Hall–Kier alpha value is -2.92. The van der Waals surface area contributed by atoms with Crippen molar-refractivity contribution in [3.8, 4) is 5.75 Å². The molecule has 1 aromatic heterocycles. The fraction of sp³-hybridized carbons (Fsp3) is 0.304. The van der Waals surface area contributed by atoms with Gasteiger partial charge in [-0.05, 0) is 36.8 Å². The molecule has 2 heterocycles. The zero-order valence-corrected chi connectivity index (χ0v) is 16.4. The molecule has 5 heteroatoms. The van der Waals surface area contributed by atoms with Crippen LogP contribution in [0.5, 0.6) is 5.75 Å². The number of aromatic nitrogens is 1. The smallest absolute Gasteiger partial charge is 0.272 e. The van der Waals surface area contributed by atoms with Crippen LogP contribution in [-0.2, 0) is 6.54 Å². The van der Waals surface area contributed by atoms with Gasteiger partial charge in [0, 0.05) is 38.1 Å². The molecule has 0 unspecified atom stereocenters. The van der Waals surface area contributed by atoms with Gasteiger partial charge in [0.25, 0.3) is 5.91 Å². The standard InChI is InChI=1S/C23H25N3O2/c1-17-4-3-5-18(14-17)16-25-10-12-26(13-11-25)23(27)22-8-6-19-15-20(28-2)7-9-21(19)24-22/h3-9,14-15H,10-13,16H2,1-2H3. The van der Waals surface area contributed by atoms with E-state index in [2.05, 4.69) is 41.1 Å². The second-order valence-corrected chi connectivity index (χ2v) is 7.31. The lowest BCUT2D eigenvalue weighted by molar-refractivity contribution is 0.0623. The molecular formula is C23H25N3O2. The summed E-state index contributed by atoms with van der Waals surface area (Å²) in [7, 11) is 1.64. The molecule has 0 atom stereocenters. The summed E-state index contributed by atoms with van der Waals surface area (Å²) in [5, 5.41) is 0.971. The first-order valence-corrected chi connectivity index (χ1v) is 9.64. The van der Waals surface area contributed by atoms with Crippen LogP contribution in [0, 0.1) is 6.92 Å². The Kier molecular flexibility index (Phi) is 5.26. The number of fused-ring (bicyclic) bond motifs is 1. The maximum Gasteiger partial charge on any atom is 0.272 e. The van der Waals surface area contributed by atoms with Crippen molar-refractivity contribution in [1.82, 2.24) is 14.8 Å². The summed E-state index contributed by atoms with van der Waals surface area (Å²) >= 11 is 0. The number of ether oxygens (including phenoxy) is 1. The molecule has 0 spiro atoms. The second kappa shape index (κ2) is 7.98. The molecule has 4 rings (SSSR count). The van der Waals surface area contributed by atoms with Gasteiger partial charge in [0.15, 0.2) is 0 Å². The number of pyridine rings is 1. The van der Waals surface area contributed by atoms with E-state index in [1.807, 2.05) is 35.2 Å². The minimum Gasteiger partial charge on any atom is -0.497 e. The monoisotopic (exact) mass is 375 g/mol. The minimum atomic E-state index is 0.00734. The largest absolute Gasteiger partial charge is 0.497 e. The van der Waals surface area contributed by atoms with Crippen molar-refractivity contribution in [3.05, 3.63) is 71.4 Å². The van der Waals surface area contributed by atoms with Crippen LogP contribution in [0.4, 0.5) is 0 Å². The lowest BCUT2D eigenvalue weighted by atomic mass is 10.1. The number of carbonyl (C=O) groups is 1. The van der Waals surface area contributed by atoms with Gasteiger partial charge in [-0.1, -0.05) is 35.9 Å². The van der Waals surface area contributed by atoms with Crippen molar-refractivity contribution in [2.75, 3.05) is 33.3 Å². The summed E-state index contributed by atoms with van der Waals surface area (Å²) in [6.07, 6.45) is 0. The highest BCUT2D eigenvalue weighted by molar-refractivity contribution is 5.95. The van der Waals surface area contributed by atoms with E-state index in [1.54, 1.807) is 7.11 Å². The van der Waals surface area contributed by atoms with Crippen LogP contribution in [0.3, 0.4) is 0 Å². The lowest BCUT2D eigenvalue weighted by Crippen LogP contribution is -2.48. The molecule has 2 aromatic carbocycles. The van der Waals surface area contributed by atoms with Gasteiger partial charge >= 0.3 is 0 Å². The maximum atomic E-state index is 12.9. The third kappa shape index (κ3) is 3.99. The molecular weight excluding hydrogens is 350 g/mol. The van der Waals surface area contributed by atoms with E-state index < -0.39 is 0 Å². The second-order valence-electron chi connectivity index (χ2n) is 7.31. The van der Waals surface area contributed by atoms with Crippen molar-refractivity contribution in [3.63, 3.8) is 0 Å². The number of piperazine rings is 1. The molecule has 0 N–H and O–H groups in total. The molecule has 1 aliphatic rings. The van der Waals surface area contributed by atoms with E-state index >= 15 is 0 Å². The topological polar surface area (TPSA) is 45.7 Å². The average Bonchev–Trinajstić information content (AvgIpc) is 2.73. The van der Waals surface area contributed by atoms with E-state index in [4.69, 9.17) is 4.74 Å². The average molecular weight is 375 g/mol. The van der Waals surface area contributed by atoms with Gasteiger partial charge in [-0.2, -0.15) is 0 Å². The van der Waals surface area contributed by atoms with Crippen molar-refractivity contribution in [2.24, 2.45) is 0 Å². The summed E-state index contributed by atoms with van der Waals surface area (Å²) in [6, 6.07) is 18.1. The number of rotatable bonds is 4. The fourth-order valence-electron chi connectivity index (χ4n) is 3.69. The Balaban J connectivity index is 1.40. The Labute approximate surface area is 165 Å². The van der Waals surface area contributed by atoms with Crippen molar-refractivity contribution in [2.45, 2.75) is 13.5 Å². The molecule has 0 aliphatic carbocycles. The van der Waals surface area contributed by atoms with Gasteiger partial charge in [-0.15, -0.1) is 0 Å². The van der Waals surface area contributed by atoms with E-state index in [1.165, 1.54) is 11.1 Å². The van der Waals surface area contributed by atoms with Crippen LogP contribution >= 0.6 is 0 Å². The van der Waals surface area contributed by atoms with Crippen LogP contribution < -0.4 is 4.74 Å². The molecule has 1 aliphatic heterocycles. The van der Waals surface area contributed by atoms with Crippen molar-refractivity contribution in [1.29, 1.82) is 0 Å².